The number of hydrogen-bond acceptors (Lipinski definition) is 7. The van der Waals surface area contributed by atoms with Gasteiger partial charge in [0.15, 0.2) is 0 Å². The van der Waals surface area contributed by atoms with E-state index < -0.39 is 0 Å². The molecule has 0 bridgehead atoms. The molecule has 0 spiro atoms. The topological polar surface area (TPSA) is 76.1 Å². The van der Waals surface area contributed by atoms with Crippen LogP contribution in [0.25, 0.3) is 0 Å². The molecular formula is C19H26N6O. The lowest BCUT2D eigenvalue weighted by Gasteiger charge is -2.35. The Kier molecular flexibility index (Phi) is 5.66. The Morgan fingerprint density at radius 1 is 1.00 bits per heavy atom. The van der Waals surface area contributed by atoms with Crippen LogP contribution in [0.2, 0.25) is 0 Å². The molecule has 0 aromatic carbocycles. The lowest BCUT2D eigenvalue weighted by atomic mass is 9.92. The summed E-state index contributed by atoms with van der Waals surface area (Å²) in [5.41, 5.74) is 1.09. The van der Waals surface area contributed by atoms with Crippen molar-refractivity contribution in [3.05, 3.63) is 36.7 Å². The summed E-state index contributed by atoms with van der Waals surface area (Å²) < 4.78 is 5.48. The molecular weight excluding hydrogens is 328 g/mol. The summed E-state index contributed by atoms with van der Waals surface area (Å²) in [6.07, 6.45) is 13.5. The van der Waals surface area contributed by atoms with Crippen molar-refractivity contribution in [3.8, 4) is 0 Å². The van der Waals surface area contributed by atoms with Gasteiger partial charge >= 0.3 is 0 Å². The number of piperidine rings is 1. The highest BCUT2D eigenvalue weighted by Gasteiger charge is 2.25. The fourth-order valence-electron chi connectivity index (χ4n) is 3.87. The summed E-state index contributed by atoms with van der Waals surface area (Å²) in [7, 11) is 0. The Bertz CT molecular complexity index is 674. The summed E-state index contributed by atoms with van der Waals surface area (Å²) in [4.78, 5) is 20.0. The maximum atomic E-state index is 5.48. The molecule has 2 aliphatic rings. The quantitative estimate of drug-likeness (QED) is 0.884. The zero-order valence-corrected chi connectivity index (χ0v) is 15.0. The summed E-state index contributed by atoms with van der Waals surface area (Å²) in [5, 5.41) is 3.13. The second-order valence-electron chi connectivity index (χ2n) is 7.20. The molecule has 4 rings (SSSR count). The highest BCUT2D eigenvalue weighted by molar-refractivity contribution is 5.48. The Morgan fingerprint density at radius 2 is 1.88 bits per heavy atom. The van der Waals surface area contributed by atoms with E-state index in [9.17, 15) is 0 Å². The minimum Gasteiger partial charge on any atom is -0.381 e. The van der Waals surface area contributed by atoms with Gasteiger partial charge in [-0.05, 0) is 38.1 Å². The van der Waals surface area contributed by atoms with Gasteiger partial charge in [0.05, 0.1) is 24.3 Å². The second kappa shape index (κ2) is 8.51. The number of rotatable bonds is 5. The number of anilines is 2. The van der Waals surface area contributed by atoms with Gasteiger partial charge in [-0.15, -0.1) is 0 Å². The molecule has 2 aliphatic heterocycles. The van der Waals surface area contributed by atoms with E-state index in [1.807, 2.05) is 6.20 Å². The first-order valence-corrected chi connectivity index (χ1v) is 9.52. The standard InChI is InChI=1S/C19H26N6O/c1-2-16(14-25(7-1)13-15-3-8-26-9-4-15)17-10-23-19(12-22-17)24-18-11-20-5-6-21-18/h5-6,10-12,15-16H,1-4,7-9,13-14H2,(H,21,23,24)/t16-/m0/s1. The third-order valence-electron chi connectivity index (χ3n) is 5.27. The maximum Gasteiger partial charge on any atom is 0.150 e. The molecule has 1 N–H and O–H groups in total. The molecule has 0 amide bonds. The zero-order chi connectivity index (χ0) is 17.6. The molecule has 2 aromatic rings. The molecule has 26 heavy (non-hydrogen) atoms. The minimum atomic E-state index is 0.474. The number of aromatic nitrogens is 4. The lowest BCUT2D eigenvalue weighted by Crippen LogP contribution is -2.39. The van der Waals surface area contributed by atoms with Crippen LogP contribution in [0, 0.1) is 5.92 Å². The van der Waals surface area contributed by atoms with Gasteiger partial charge in [-0.2, -0.15) is 0 Å². The Labute approximate surface area is 154 Å². The van der Waals surface area contributed by atoms with Crippen LogP contribution >= 0.6 is 0 Å². The van der Waals surface area contributed by atoms with Crippen LogP contribution in [0.5, 0.6) is 0 Å². The van der Waals surface area contributed by atoms with Gasteiger partial charge in [0.1, 0.15) is 11.6 Å². The first-order valence-electron chi connectivity index (χ1n) is 9.52. The molecule has 7 nitrogen and oxygen atoms in total. The van der Waals surface area contributed by atoms with Crippen LogP contribution in [0.15, 0.2) is 31.0 Å². The van der Waals surface area contributed by atoms with Crippen LogP contribution in [0.4, 0.5) is 11.6 Å². The molecule has 0 radical (unpaired) electrons. The van der Waals surface area contributed by atoms with Crippen LogP contribution in [-0.2, 0) is 4.74 Å². The Hall–Kier alpha value is -2.12. The predicted molar refractivity (Wildman–Crippen MR) is 99.3 cm³/mol. The summed E-state index contributed by atoms with van der Waals surface area (Å²) in [6.45, 7) is 5.33. The van der Waals surface area contributed by atoms with E-state index in [2.05, 4.69) is 30.2 Å². The first-order chi connectivity index (χ1) is 12.9. The van der Waals surface area contributed by atoms with Crippen molar-refractivity contribution in [2.24, 2.45) is 5.92 Å². The highest BCUT2D eigenvalue weighted by Crippen LogP contribution is 2.27. The summed E-state index contributed by atoms with van der Waals surface area (Å²) in [6, 6.07) is 0. The molecule has 2 aromatic heterocycles. The molecule has 2 fully saturated rings. The van der Waals surface area contributed by atoms with Crippen molar-refractivity contribution in [3.63, 3.8) is 0 Å². The van der Waals surface area contributed by atoms with Gasteiger partial charge < -0.3 is 15.0 Å². The monoisotopic (exact) mass is 354 g/mol. The normalized spacial score (nSPS) is 22.2. The van der Waals surface area contributed by atoms with E-state index in [0.29, 0.717) is 17.6 Å². The van der Waals surface area contributed by atoms with Crippen molar-refractivity contribution in [2.45, 2.75) is 31.6 Å². The lowest BCUT2D eigenvalue weighted by molar-refractivity contribution is 0.0481. The van der Waals surface area contributed by atoms with Crippen molar-refractivity contribution in [1.29, 1.82) is 0 Å². The van der Waals surface area contributed by atoms with Crippen LogP contribution in [-0.4, -0.2) is 57.7 Å². The summed E-state index contributed by atoms with van der Waals surface area (Å²) in [5.74, 6) is 2.63. The zero-order valence-electron chi connectivity index (χ0n) is 15.0. The SMILES string of the molecule is c1cnc(Nc2cnc([C@H]3CCCN(CC4CCOCC4)C3)cn2)cn1. The number of nitrogens with one attached hydrogen (secondary N) is 1. The van der Waals surface area contributed by atoms with Gasteiger partial charge in [-0.3, -0.25) is 9.97 Å². The van der Waals surface area contributed by atoms with Crippen molar-refractivity contribution < 1.29 is 4.74 Å². The van der Waals surface area contributed by atoms with E-state index in [4.69, 9.17) is 4.74 Å². The van der Waals surface area contributed by atoms with Crippen molar-refractivity contribution in [1.82, 2.24) is 24.8 Å². The molecule has 7 heteroatoms. The Balaban J connectivity index is 1.34. The van der Waals surface area contributed by atoms with Crippen LogP contribution < -0.4 is 5.32 Å². The fraction of sp³-hybridized carbons (Fsp3) is 0.579. The largest absolute Gasteiger partial charge is 0.381 e. The molecule has 4 heterocycles. The van der Waals surface area contributed by atoms with Gasteiger partial charge in [-0.25, -0.2) is 9.97 Å². The molecule has 0 aliphatic carbocycles. The van der Waals surface area contributed by atoms with E-state index in [1.165, 1.54) is 38.8 Å². The summed E-state index contributed by atoms with van der Waals surface area (Å²) >= 11 is 0. The average molecular weight is 354 g/mol. The second-order valence-corrected chi connectivity index (χ2v) is 7.20. The van der Waals surface area contributed by atoms with Crippen LogP contribution in [0.3, 0.4) is 0 Å². The fourth-order valence-corrected chi connectivity index (χ4v) is 3.87. The van der Waals surface area contributed by atoms with Gasteiger partial charge in [-0.1, -0.05) is 0 Å². The average Bonchev–Trinajstić information content (AvgIpc) is 2.70. The van der Waals surface area contributed by atoms with Crippen LogP contribution in [0.1, 0.15) is 37.3 Å². The maximum absolute atomic E-state index is 5.48. The Morgan fingerprint density at radius 3 is 2.65 bits per heavy atom. The number of nitrogens with zero attached hydrogens (tertiary/aromatic N) is 5. The van der Waals surface area contributed by atoms with E-state index >= 15 is 0 Å². The van der Waals surface area contributed by atoms with E-state index in [1.54, 1.807) is 24.8 Å². The third kappa shape index (κ3) is 4.53. The molecule has 0 unspecified atom stereocenters. The van der Waals surface area contributed by atoms with Gasteiger partial charge in [0.25, 0.3) is 0 Å². The van der Waals surface area contributed by atoms with E-state index in [0.717, 1.165) is 31.4 Å². The highest BCUT2D eigenvalue weighted by atomic mass is 16.5. The third-order valence-corrected chi connectivity index (χ3v) is 5.27. The molecule has 138 valence electrons. The molecule has 0 saturated carbocycles. The van der Waals surface area contributed by atoms with Crippen molar-refractivity contribution >= 4 is 11.6 Å². The molecule has 1 atom stereocenters. The smallest absolute Gasteiger partial charge is 0.150 e. The first kappa shape index (κ1) is 17.3. The minimum absolute atomic E-state index is 0.474. The predicted octanol–water partition coefficient (Wildman–Crippen LogP) is 2.62. The van der Waals surface area contributed by atoms with Gasteiger partial charge in [0.2, 0.25) is 0 Å². The van der Waals surface area contributed by atoms with E-state index in [-0.39, 0.29) is 0 Å². The van der Waals surface area contributed by atoms with Crippen molar-refractivity contribution in [2.75, 3.05) is 38.2 Å². The van der Waals surface area contributed by atoms with Gasteiger partial charge in [0, 0.05) is 44.6 Å². The number of likely N-dealkylation sites (tertiary alicyclic amines) is 1. The molecule has 2 saturated heterocycles. The number of hydrogen-bond donors (Lipinski definition) is 1. The number of ether oxygens (including phenoxy) is 1.